The Hall–Kier alpha value is -2.97. The molecule has 0 spiro atoms. The van der Waals surface area contributed by atoms with Crippen LogP contribution < -0.4 is 10.2 Å². The molecule has 0 unspecified atom stereocenters. The number of imide groups is 1. The van der Waals surface area contributed by atoms with Gasteiger partial charge in [-0.15, -0.1) is 0 Å². The highest BCUT2D eigenvalue weighted by Crippen LogP contribution is 2.36. The van der Waals surface area contributed by atoms with Crippen molar-refractivity contribution in [2.75, 3.05) is 16.8 Å². The highest BCUT2D eigenvalue weighted by molar-refractivity contribution is 6.38. The minimum Gasteiger partial charge on any atom is -0.324 e. The quantitative estimate of drug-likeness (QED) is 0.751. The molecule has 0 aliphatic carbocycles. The van der Waals surface area contributed by atoms with Crippen LogP contribution in [-0.2, 0) is 14.4 Å². The first-order valence-electron chi connectivity index (χ1n) is 8.72. The topological polar surface area (TPSA) is 94.4 Å². The van der Waals surface area contributed by atoms with Crippen LogP contribution in [0.15, 0.2) is 52.8 Å². The molecule has 3 amide bonds. The van der Waals surface area contributed by atoms with E-state index in [1.807, 2.05) is 19.1 Å². The zero-order valence-corrected chi connectivity index (χ0v) is 16.7. The average molecular weight is 432 g/mol. The summed E-state index contributed by atoms with van der Waals surface area (Å²) < 4.78 is 0. The van der Waals surface area contributed by atoms with Gasteiger partial charge in [0, 0.05) is 10.7 Å². The zero-order valence-electron chi connectivity index (χ0n) is 15.2. The third-order valence-corrected chi connectivity index (χ3v) is 5.19. The molecule has 2 heterocycles. The van der Waals surface area contributed by atoms with Gasteiger partial charge in [-0.3, -0.25) is 19.4 Å². The van der Waals surface area contributed by atoms with Crippen LogP contribution in [0.3, 0.4) is 0 Å². The van der Waals surface area contributed by atoms with Gasteiger partial charge in [0.15, 0.2) is 12.1 Å². The molecule has 1 saturated heterocycles. The molecule has 4 rings (SSSR count). The third-order valence-electron chi connectivity index (χ3n) is 4.65. The van der Waals surface area contributed by atoms with Crippen LogP contribution in [0.1, 0.15) is 5.56 Å². The number of nitrogens with zero attached hydrogens (tertiary/aromatic N) is 4. The second-order valence-electron chi connectivity index (χ2n) is 6.71. The van der Waals surface area contributed by atoms with Crippen LogP contribution in [0.2, 0.25) is 10.0 Å². The maximum atomic E-state index is 12.9. The number of anilines is 2. The number of benzene rings is 2. The molecule has 2 aromatic rings. The first kappa shape index (κ1) is 19.4. The van der Waals surface area contributed by atoms with Gasteiger partial charge in [0.2, 0.25) is 5.91 Å². The van der Waals surface area contributed by atoms with E-state index in [0.29, 0.717) is 10.7 Å². The van der Waals surface area contributed by atoms with Gasteiger partial charge in [0.1, 0.15) is 6.54 Å². The van der Waals surface area contributed by atoms with E-state index < -0.39 is 23.9 Å². The molecule has 8 nitrogen and oxygen atoms in total. The van der Waals surface area contributed by atoms with Crippen LogP contribution >= 0.6 is 23.2 Å². The van der Waals surface area contributed by atoms with Crippen LogP contribution in [0, 0.1) is 6.92 Å². The van der Waals surface area contributed by atoms with Gasteiger partial charge in [-0.2, -0.15) is 5.11 Å². The zero-order chi connectivity index (χ0) is 20.7. The first-order valence-corrected chi connectivity index (χ1v) is 9.47. The predicted molar refractivity (Wildman–Crippen MR) is 108 cm³/mol. The Morgan fingerprint density at radius 2 is 1.83 bits per heavy atom. The van der Waals surface area contributed by atoms with Crippen molar-refractivity contribution in [3.8, 4) is 0 Å². The van der Waals surface area contributed by atoms with E-state index in [1.54, 1.807) is 12.1 Å². The number of rotatable bonds is 4. The van der Waals surface area contributed by atoms with E-state index >= 15 is 0 Å². The van der Waals surface area contributed by atoms with Crippen molar-refractivity contribution in [1.82, 2.24) is 5.01 Å². The van der Waals surface area contributed by atoms with E-state index in [2.05, 4.69) is 15.7 Å². The van der Waals surface area contributed by atoms with Crippen LogP contribution in [0.25, 0.3) is 0 Å². The number of fused-ring (bicyclic) bond motifs is 1. The molecule has 148 valence electrons. The molecule has 2 atom stereocenters. The van der Waals surface area contributed by atoms with Crippen molar-refractivity contribution in [3.63, 3.8) is 0 Å². The summed E-state index contributed by atoms with van der Waals surface area (Å²) in [5, 5.41) is 12.3. The first-order chi connectivity index (χ1) is 13.8. The lowest BCUT2D eigenvalue weighted by molar-refractivity contribution is -0.123. The molecule has 2 aliphatic rings. The molecular weight excluding hydrogens is 417 g/mol. The summed E-state index contributed by atoms with van der Waals surface area (Å²) in [6.45, 7) is 1.72. The molecule has 2 aromatic carbocycles. The summed E-state index contributed by atoms with van der Waals surface area (Å²) in [5.74, 6) is -1.47. The Morgan fingerprint density at radius 1 is 1.10 bits per heavy atom. The summed E-state index contributed by atoms with van der Waals surface area (Å²) in [6.07, 6.45) is 0. The fourth-order valence-electron chi connectivity index (χ4n) is 3.24. The molecule has 0 radical (unpaired) electrons. The number of halogens is 2. The Bertz CT molecular complexity index is 1040. The molecule has 0 saturated carbocycles. The molecule has 2 aliphatic heterocycles. The largest absolute Gasteiger partial charge is 0.324 e. The molecule has 10 heteroatoms. The molecule has 0 bridgehead atoms. The summed E-state index contributed by atoms with van der Waals surface area (Å²) in [7, 11) is 0. The average Bonchev–Trinajstić information content (AvgIpc) is 3.18. The SMILES string of the molecule is Cc1ccc(NC(=O)CN2N=N[C@H]3C(=O)N(c4ccc(Cl)cc4Cl)C(=O)[C@@H]32)cc1. The maximum absolute atomic E-state index is 12.9. The van der Waals surface area contributed by atoms with E-state index in [9.17, 15) is 14.4 Å². The van der Waals surface area contributed by atoms with Crippen molar-refractivity contribution < 1.29 is 14.4 Å². The number of aryl methyl sites for hydroxylation is 1. The van der Waals surface area contributed by atoms with Crippen LogP contribution in [-0.4, -0.2) is 41.4 Å². The minimum atomic E-state index is -1.01. The number of amides is 3. The fraction of sp³-hybridized carbons (Fsp3) is 0.211. The maximum Gasteiger partial charge on any atom is 0.263 e. The monoisotopic (exact) mass is 431 g/mol. The van der Waals surface area contributed by atoms with Crippen LogP contribution in [0.5, 0.6) is 0 Å². The van der Waals surface area contributed by atoms with Crippen molar-refractivity contribution >= 4 is 52.3 Å². The van der Waals surface area contributed by atoms with Gasteiger partial charge < -0.3 is 5.32 Å². The standard InChI is InChI=1S/C19H15Cl2N5O3/c1-10-2-5-12(6-3-10)22-15(27)9-25-17-16(23-24-25)18(28)26(19(17)29)14-7-4-11(20)8-13(14)21/h2-8,16-17H,9H2,1H3,(H,22,27)/t16-,17-/m1/s1. The number of carbonyl (C=O) groups is 3. The molecule has 1 fully saturated rings. The Balaban J connectivity index is 1.50. The van der Waals surface area contributed by atoms with E-state index in [4.69, 9.17) is 23.2 Å². The number of nitrogens with one attached hydrogen (secondary N) is 1. The van der Waals surface area contributed by atoms with E-state index in [-0.39, 0.29) is 23.2 Å². The second-order valence-corrected chi connectivity index (χ2v) is 7.56. The van der Waals surface area contributed by atoms with Gasteiger partial charge in [-0.05, 0) is 37.3 Å². The third kappa shape index (κ3) is 3.56. The second kappa shape index (κ2) is 7.46. The predicted octanol–water partition coefficient (Wildman–Crippen LogP) is 3.23. The molecule has 29 heavy (non-hydrogen) atoms. The van der Waals surface area contributed by atoms with Gasteiger partial charge in [0.25, 0.3) is 11.8 Å². The van der Waals surface area contributed by atoms with Gasteiger partial charge >= 0.3 is 0 Å². The lowest BCUT2D eigenvalue weighted by Gasteiger charge is -2.20. The Kier molecular flexibility index (Phi) is 4.97. The fourth-order valence-corrected chi connectivity index (χ4v) is 3.73. The Labute approximate surface area is 176 Å². The summed E-state index contributed by atoms with van der Waals surface area (Å²) in [5.41, 5.74) is 1.91. The molecule has 0 aromatic heterocycles. The van der Waals surface area contributed by atoms with Gasteiger partial charge in [-0.1, -0.05) is 46.1 Å². The van der Waals surface area contributed by atoms with E-state index in [0.717, 1.165) is 10.5 Å². The van der Waals surface area contributed by atoms with Crippen molar-refractivity contribution in [2.45, 2.75) is 19.0 Å². The Morgan fingerprint density at radius 3 is 2.52 bits per heavy atom. The van der Waals surface area contributed by atoms with Crippen molar-refractivity contribution in [1.29, 1.82) is 0 Å². The smallest absolute Gasteiger partial charge is 0.263 e. The normalized spacial score (nSPS) is 20.4. The number of carbonyl (C=O) groups excluding carboxylic acids is 3. The lowest BCUT2D eigenvalue weighted by Crippen LogP contribution is -2.43. The van der Waals surface area contributed by atoms with Crippen molar-refractivity contribution in [3.05, 3.63) is 58.1 Å². The number of hydrogen-bond donors (Lipinski definition) is 1. The summed E-state index contributed by atoms with van der Waals surface area (Å²) >= 11 is 12.0. The number of hydrogen-bond acceptors (Lipinski definition) is 6. The summed E-state index contributed by atoms with van der Waals surface area (Å²) in [6, 6.07) is 9.76. The van der Waals surface area contributed by atoms with Crippen LogP contribution in [0.4, 0.5) is 11.4 Å². The molecule has 1 N–H and O–H groups in total. The van der Waals surface area contributed by atoms with Gasteiger partial charge in [-0.25, -0.2) is 4.90 Å². The van der Waals surface area contributed by atoms with Crippen molar-refractivity contribution in [2.24, 2.45) is 10.3 Å². The van der Waals surface area contributed by atoms with E-state index in [1.165, 1.54) is 23.2 Å². The molecular formula is C19H15Cl2N5O3. The highest BCUT2D eigenvalue weighted by Gasteiger charge is 2.55. The minimum absolute atomic E-state index is 0.166. The lowest BCUT2D eigenvalue weighted by atomic mass is 10.1. The highest BCUT2D eigenvalue weighted by atomic mass is 35.5. The van der Waals surface area contributed by atoms with Gasteiger partial charge in [0.05, 0.1) is 10.7 Å². The summed E-state index contributed by atoms with van der Waals surface area (Å²) in [4.78, 5) is 39.0.